The summed E-state index contributed by atoms with van der Waals surface area (Å²) in [5.41, 5.74) is 2.30. The zero-order valence-electron chi connectivity index (χ0n) is 21.1. The van der Waals surface area contributed by atoms with Crippen molar-refractivity contribution in [1.29, 1.82) is 0 Å². The van der Waals surface area contributed by atoms with Crippen LogP contribution in [0.25, 0.3) is 5.76 Å². The fraction of sp³-hybridized carbons (Fsp3) is 0.448. The van der Waals surface area contributed by atoms with E-state index in [1.165, 1.54) is 0 Å². The first-order chi connectivity index (χ1) is 16.9. The maximum absolute atomic E-state index is 13.2. The summed E-state index contributed by atoms with van der Waals surface area (Å²) in [7, 11) is 0. The van der Waals surface area contributed by atoms with Gasteiger partial charge >= 0.3 is 0 Å². The van der Waals surface area contributed by atoms with Crippen LogP contribution in [0.1, 0.15) is 68.7 Å². The summed E-state index contributed by atoms with van der Waals surface area (Å²) in [6.07, 6.45) is 5.31. The summed E-state index contributed by atoms with van der Waals surface area (Å²) in [6.45, 7) is 9.68. The Labute approximate surface area is 214 Å². The van der Waals surface area contributed by atoms with Crippen molar-refractivity contribution in [2.24, 2.45) is 0 Å². The molecule has 0 unspecified atom stereocenters. The average Bonchev–Trinajstić information content (AvgIpc) is 3.10. The van der Waals surface area contributed by atoms with Gasteiger partial charge in [0.15, 0.2) is 0 Å². The number of hydrogen-bond donors (Lipinski definition) is 1. The second-order valence-electron chi connectivity index (χ2n) is 9.28. The maximum atomic E-state index is 13.2. The lowest BCUT2D eigenvalue weighted by molar-refractivity contribution is -0.140. The van der Waals surface area contributed by atoms with Crippen molar-refractivity contribution in [3.8, 4) is 0 Å². The first-order valence-corrected chi connectivity index (χ1v) is 13.1. The van der Waals surface area contributed by atoms with E-state index in [4.69, 9.17) is 11.6 Å². The normalized spacial score (nSPS) is 17.5. The van der Waals surface area contributed by atoms with Gasteiger partial charge in [-0.05, 0) is 57.5 Å². The van der Waals surface area contributed by atoms with Crippen molar-refractivity contribution < 1.29 is 14.7 Å². The molecule has 3 rings (SSSR count). The number of ketones is 1. The number of nitrogens with zero attached hydrogens (tertiary/aromatic N) is 2. The molecule has 1 atom stereocenters. The third-order valence-corrected chi connectivity index (χ3v) is 6.94. The van der Waals surface area contributed by atoms with E-state index < -0.39 is 17.7 Å². The number of halogens is 1. The van der Waals surface area contributed by atoms with E-state index in [0.717, 1.165) is 57.3 Å². The molecule has 1 aliphatic heterocycles. The molecule has 1 aliphatic rings. The fourth-order valence-electron chi connectivity index (χ4n) is 4.56. The van der Waals surface area contributed by atoms with Gasteiger partial charge in [0.05, 0.1) is 11.6 Å². The van der Waals surface area contributed by atoms with Gasteiger partial charge in [0.2, 0.25) is 0 Å². The number of amides is 1. The maximum Gasteiger partial charge on any atom is 0.295 e. The fourth-order valence-corrected chi connectivity index (χ4v) is 4.80. The summed E-state index contributed by atoms with van der Waals surface area (Å²) in [6, 6.07) is 13.8. The minimum absolute atomic E-state index is 0.0979. The first kappa shape index (κ1) is 27.0. The van der Waals surface area contributed by atoms with Gasteiger partial charge in [0.25, 0.3) is 11.7 Å². The highest BCUT2D eigenvalue weighted by molar-refractivity contribution is 6.47. The monoisotopic (exact) mass is 496 g/mol. The standard InChI is InChI=1S/C29H37ClN2O3/c1-4-6-17-31(18-7-5-2)19-10-20-32-26(23-11-8-9-12-24(23)30)25(28(34)29(32)35)27(33)22-15-13-21(3)14-16-22/h8-9,11-16,26,33H,4-7,10,17-20H2,1-3H3/t26-/m0/s1. The lowest BCUT2D eigenvalue weighted by Crippen LogP contribution is -2.34. The van der Waals surface area contributed by atoms with Crippen LogP contribution in [0.15, 0.2) is 54.1 Å². The number of hydrogen-bond acceptors (Lipinski definition) is 4. The Morgan fingerprint density at radius 2 is 1.54 bits per heavy atom. The van der Waals surface area contributed by atoms with Crippen LogP contribution in [-0.4, -0.2) is 52.8 Å². The van der Waals surface area contributed by atoms with Crippen molar-refractivity contribution in [2.45, 2.75) is 58.9 Å². The summed E-state index contributed by atoms with van der Waals surface area (Å²) in [4.78, 5) is 30.4. The molecule has 1 amide bonds. The van der Waals surface area contributed by atoms with Crippen molar-refractivity contribution in [3.05, 3.63) is 75.8 Å². The molecule has 0 aromatic heterocycles. The highest BCUT2D eigenvalue weighted by atomic mass is 35.5. The smallest absolute Gasteiger partial charge is 0.295 e. The number of Topliss-reactive ketones (excluding diaryl/α,β-unsaturated/α-hetero) is 1. The van der Waals surface area contributed by atoms with Crippen molar-refractivity contribution in [1.82, 2.24) is 9.80 Å². The second-order valence-corrected chi connectivity index (χ2v) is 9.69. The molecule has 0 aliphatic carbocycles. The van der Waals surface area contributed by atoms with Crippen LogP contribution in [0.3, 0.4) is 0 Å². The number of aryl methyl sites for hydroxylation is 1. The van der Waals surface area contributed by atoms with E-state index >= 15 is 0 Å². The molecule has 2 aromatic rings. The first-order valence-electron chi connectivity index (χ1n) is 12.7. The molecule has 188 valence electrons. The molecule has 35 heavy (non-hydrogen) atoms. The number of unbranched alkanes of at least 4 members (excludes halogenated alkanes) is 2. The molecular weight excluding hydrogens is 460 g/mol. The van der Waals surface area contributed by atoms with Crippen LogP contribution in [0.5, 0.6) is 0 Å². The third-order valence-electron chi connectivity index (χ3n) is 6.59. The Balaban J connectivity index is 1.92. The Bertz CT molecular complexity index is 1040. The highest BCUT2D eigenvalue weighted by Gasteiger charge is 2.46. The van der Waals surface area contributed by atoms with E-state index in [-0.39, 0.29) is 11.3 Å². The molecule has 5 nitrogen and oxygen atoms in total. The van der Waals surface area contributed by atoms with Gasteiger partial charge < -0.3 is 14.9 Å². The number of carbonyl (C=O) groups excluding carboxylic acids is 2. The number of aliphatic hydroxyl groups is 1. The summed E-state index contributed by atoms with van der Waals surface area (Å²) in [5.74, 6) is -1.41. The van der Waals surface area contributed by atoms with Crippen LogP contribution >= 0.6 is 11.6 Å². The molecule has 2 aromatic carbocycles. The predicted molar refractivity (Wildman–Crippen MR) is 143 cm³/mol. The van der Waals surface area contributed by atoms with Gasteiger partial charge in [-0.2, -0.15) is 0 Å². The molecule has 1 saturated heterocycles. The van der Waals surface area contributed by atoms with Crippen LogP contribution in [-0.2, 0) is 9.59 Å². The Hall–Kier alpha value is -2.63. The summed E-state index contributed by atoms with van der Waals surface area (Å²) in [5, 5.41) is 11.6. The number of carbonyl (C=O) groups is 2. The van der Waals surface area contributed by atoms with Gasteiger partial charge in [0, 0.05) is 17.1 Å². The molecule has 0 bridgehead atoms. The molecule has 1 N–H and O–H groups in total. The van der Waals surface area contributed by atoms with E-state index in [9.17, 15) is 14.7 Å². The average molecular weight is 497 g/mol. The molecule has 0 radical (unpaired) electrons. The molecular formula is C29H37ClN2O3. The van der Waals surface area contributed by atoms with Gasteiger partial charge in [-0.1, -0.05) is 86.3 Å². The van der Waals surface area contributed by atoms with Crippen LogP contribution in [0.4, 0.5) is 0 Å². The van der Waals surface area contributed by atoms with Crippen LogP contribution < -0.4 is 0 Å². The molecule has 6 heteroatoms. The van der Waals surface area contributed by atoms with E-state index in [1.54, 1.807) is 23.1 Å². The topological polar surface area (TPSA) is 60.9 Å². The van der Waals surface area contributed by atoms with E-state index in [0.29, 0.717) is 22.7 Å². The largest absolute Gasteiger partial charge is 0.507 e. The minimum atomic E-state index is -0.718. The number of aliphatic hydroxyl groups excluding tert-OH is 1. The molecule has 0 saturated carbocycles. The number of likely N-dealkylation sites (tertiary alicyclic amines) is 1. The minimum Gasteiger partial charge on any atom is -0.507 e. The lowest BCUT2D eigenvalue weighted by atomic mass is 9.95. The van der Waals surface area contributed by atoms with Crippen LogP contribution in [0.2, 0.25) is 5.02 Å². The van der Waals surface area contributed by atoms with Gasteiger partial charge in [-0.15, -0.1) is 0 Å². The van der Waals surface area contributed by atoms with Gasteiger partial charge in [0.1, 0.15) is 5.76 Å². The Kier molecular flexibility index (Phi) is 9.93. The lowest BCUT2D eigenvalue weighted by Gasteiger charge is -2.28. The Morgan fingerprint density at radius 3 is 2.14 bits per heavy atom. The Morgan fingerprint density at radius 1 is 0.943 bits per heavy atom. The van der Waals surface area contributed by atoms with E-state index in [1.807, 2.05) is 37.3 Å². The van der Waals surface area contributed by atoms with Crippen LogP contribution in [0, 0.1) is 6.92 Å². The molecule has 1 heterocycles. The molecule has 0 spiro atoms. The second kappa shape index (κ2) is 12.9. The van der Waals surface area contributed by atoms with Gasteiger partial charge in [-0.3, -0.25) is 9.59 Å². The predicted octanol–water partition coefficient (Wildman–Crippen LogP) is 6.36. The van der Waals surface area contributed by atoms with E-state index in [2.05, 4.69) is 18.7 Å². The highest BCUT2D eigenvalue weighted by Crippen LogP contribution is 2.41. The summed E-state index contributed by atoms with van der Waals surface area (Å²) >= 11 is 6.54. The van der Waals surface area contributed by atoms with Crippen molar-refractivity contribution in [2.75, 3.05) is 26.2 Å². The number of rotatable bonds is 12. The number of benzene rings is 2. The summed E-state index contributed by atoms with van der Waals surface area (Å²) < 4.78 is 0. The SMILES string of the molecule is CCCCN(CCCC)CCCN1C(=O)C(=O)C(=C(O)c2ccc(C)cc2)[C@@H]1c1ccccc1Cl. The van der Waals surface area contributed by atoms with Crippen molar-refractivity contribution >= 4 is 29.1 Å². The quantitative estimate of drug-likeness (QED) is 0.211. The van der Waals surface area contributed by atoms with Crippen molar-refractivity contribution in [3.63, 3.8) is 0 Å². The zero-order valence-corrected chi connectivity index (χ0v) is 21.9. The molecule has 1 fully saturated rings. The zero-order chi connectivity index (χ0) is 25.4. The third kappa shape index (κ3) is 6.53. The van der Waals surface area contributed by atoms with Gasteiger partial charge in [-0.25, -0.2) is 0 Å².